The third kappa shape index (κ3) is 3.31. The molecule has 10 heteroatoms. The SMILES string of the molecule is CNc1nc(Cl)nc(Oc2cc(C)c([N+](=O)[O-])cc2F)n1. The molecular weight excluding hydrogens is 305 g/mol. The highest BCUT2D eigenvalue weighted by Crippen LogP contribution is 2.29. The molecule has 0 aliphatic carbocycles. The van der Waals surface area contributed by atoms with Crippen LogP contribution in [0.2, 0.25) is 5.28 Å². The molecule has 0 atom stereocenters. The van der Waals surface area contributed by atoms with Crippen molar-refractivity contribution in [1.82, 2.24) is 15.0 Å². The van der Waals surface area contributed by atoms with Crippen molar-refractivity contribution in [3.63, 3.8) is 0 Å². The number of ether oxygens (including phenoxy) is 1. The number of nitrogens with one attached hydrogen (secondary N) is 1. The van der Waals surface area contributed by atoms with Crippen molar-refractivity contribution in [3.8, 4) is 11.8 Å². The van der Waals surface area contributed by atoms with Crippen LogP contribution in [0, 0.1) is 22.9 Å². The molecule has 0 amide bonds. The first-order valence-corrected chi connectivity index (χ1v) is 6.00. The van der Waals surface area contributed by atoms with E-state index in [4.69, 9.17) is 16.3 Å². The largest absolute Gasteiger partial charge is 0.421 e. The van der Waals surface area contributed by atoms with E-state index >= 15 is 0 Å². The van der Waals surface area contributed by atoms with E-state index in [1.165, 1.54) is 13.0 Å². The van der Waals surface area contributed by atoms with Crippen molar-refractivity contribution in [2.45, 2.75) is 6.92 Å². The number of benzene rings is 1. The Morgan fingerprint density at radius 3 is 2.71 bits per heavy atom. The van der Waals surface area contributed by atoms with Gasteiger partial charge in [-0.25, -0.2) is 4.39 Å². The highest BCUT2D eigenvalue weighted by Gasteiger charge is 2.18. The third-order valence-corrected chi connectivity index (χ3v) is 2.63. The normalized spacial score (nSPS) is 10.3. The van der Waals surface area contributed by atoms with Gasteiger partial charge in [0, 0.05) is 12.6 Å². The number of aryl methyl sites for hydroxylation is 1. The van der Waals surface area contributed by atoms with E-state index < -0.39 is 10.7 Å². The molecule has 0 saturated carbocycles. The molecule has 0 aliphatic rings. The fraction of sp³-hybridized carbons (Fsp3) is 0.182. The molecular formula is C11H9ClFN5O3. The first-order chi connectivity index (χ1) is 9.90. The van der Waals surface area contributed by atoms with Crippen LogP contribution < -0.4 is 10.1 Å². The topological polar surface area (TPSA) is 103 Å². The van der Waals surface area contributed by atoms with Crippen LogP contribution in [0.1, 0.15) is 5.56 Å². The summed E-state index contributed by atoms with van der Waals surface area (Å²) < 4.78 is 19.0. The molecule has 0 spiro atoms. The number of nitro groups is 1. The second kappa shape index (κ2) is 5.83. The smallest absolute Gasteiger partial charge is 0.328 e. The Bertz CT molecular complexity index is 712. The Morgan fingerprint density at radius 1 is 1.38 bits per heavy atom. The second-order valence-electron chi connectivity index (χ2n) is 3.89. The van der Waals surface area contributed by atoms with Gasteiger partial charge in [0.25, 0.3) is 5.69 Å². The Kier molecular flexibility index (Phi) is 4.13. The van der Waals surface area contributed by atoms with Gasteiger partial charge in [-0.05, 0) is 24.6 Å². The molecule has 0 aliphatic heterocycles. The summed E-state index contributed by atoms with van der Waals surface area (Å²) in [6.07, 6.45) is 0. The lowest BCUT2D eigenvalue weighted by atomic mass is 10.2. The standard InChI is InChI=1S/C11H9ClFN5O3/c1-5-3-8(6(13)4-7(5)18(19)20)21-11-16-9(12)15-10(14-2)17-11/h3-4H,1-2H3,(H,14,15,16,17). The van der Waals surface area contributed by atoms with Crippen molar-refractivity contribution >= 4 is 23.2 Å². The minimum absolute atomic E-state index is 0.136. The van der Waals surface area contributed by atoms with Gasteiger partial charge in [-0.1, -0.05) is 0 Å². The molecule has 0 bridgehead atoms. The van der Waals surface area contributed by atoms with Gasteiger partial charge in [0.2, 0.25) is 11.2 Å². The van der Waals surface area contributed by atoms with Gasteiger partial charge in [-0.2, -0.15) is 15.0 Å². The van der Waals surface area contributed by atoms with Crippen molar-refractivity contribution in [2.75, 3.05) is 12.4 Å². The van der Waals surface area contributed by atoms with Gasteiger partial charge in [0.15, 0.2) is 11.6 Å². The average molecular weight is 314 g/mol. The number of hydrogen-bond acceptors (Lipinski definition) is 7. The summed E-state index contributed by atoms with van der Waals surface area (Å²) in [6.45, 7) is 1.46. The predicted molar refractivity (Wildman–Crippen MR) is 72.2 cm³/mol. The molecule has 0 saturated heterocycles. The molecule has 1 aromatic heterocycles. The molecule has 0 unspecified atom stereocenters. The van der Waals surface area contributed by atoms with Crippen molar-refractivity contribution in [1.29, 1.82) is 0 Å². The predicted octanol–water partition coefficient (Wildman–Crippen LogP) is 2.71. The van der Waals surface area contributed by atoms with Crippen molar-refractivity contribution in [3.05, 3.63) is 38.9 Å². The minimum atomic E-state index is -0.908. The Morgan fingerprint density at radius 2 is 2.10 bits per heavy atom. The van der Waals surface area contributed by atoms with Gasteiger partial charge < -0.3 is 10.1 Å². The zero-order valence-electron chi connectivity index (χ0n) is 10.9. The van der Waals surface area contributed by atoms with Gasteiger partial charge in [0.05, 0.1) is 11.0 Å². The van der Waals surface area contributed by atoms with E-state index in [2.05, 4.69) is 20.3 Å². The van der Waals surface area contributed by atoms with Crippen LogP contribution in [-0.4, -0.2) is 26.9 Å². The number of nitrogens with zero attached hydrogens (tertiary/aromatic N) is 4. The Balaban J connectivity index is 2.38. The van der Waals surface area contributed by atoms with Crippen LogP contribution in [0.4, 0.5) is 16.0 Å². The van der Waals surface area contributed by atoms with Crippen LogP contribution in [0.15, 0.2) is 12.1 Å². The van der Waals surface area contributed by atoms with Crippen molar-refractivity contribution in [2.24, 2.45) is 0 Å². The van der Waals surface area contributed by atoms with E-state index in [0.29, 0.717) is 0 Å². The van der Waals surface area contributed by atoms with Gasteiger partial charge in [-0.3, -0.25) is 10.1 Å². The molecule has 1 heterocycles. The molecule has 110 valence electrons. The summed E-state index contributed by atoms with van der Waals surface area (Å²) in [7, 11) is 1.56. The highest BCUT2D eigenvalue weighted by molar-refractivity contribution is 6.28. The number of aromatic nitrogens is 3. The van der Waals surface area contributed by atoms with E-state index in [1.807, 2.05) is 0 Å². The molecule has 2 rings (SSSR count). The fourth-order valence-corrected chi connectivity index (χ4v) is 1.66. The molecule has 0 fully saturated rings. The number of hydrogen-bond donors (Lipinski definition) is 1. The van der Waals surface area contributed by atoms with Crippen LogP contribution in [0.25, 0.3) is 0 Å². The lowest BCUT2D eigenvalue weighted by molar-refractivity contribution is -0.385. The van der Waals surface area contributed by atoms with E-state index in [9.17, 15) is 14.5 Å². The molecule has 1 aromatic carbocycles. The van der Waals surface area contributed by atoms with Gasteiger partial charge in [-0.15, -0.1) is 0 Å². The lowest BCUT2D eigenvalue weighted by Gasteiger charge is -2.07. The zero-order valence-corrected chi connectivity index (χ0v) is 11.7. The number of rotatable bonds is 4. The first-order valence-electron chi connectivity index (χ1n) is 5.62. The number of anilines is 1. The summed E-state index contributed by atoms with van der Waals surface area (Å²) in [6, 6.07) is 1.72. The average Bonchev–Trinajstić information content (AvgIpc) is 2.41. The highest BCUT2D eigenvalue weighted by atomic mass is 35.5. The quantitative estimate of drug-likeness (QED) is 0.683. The number of halogens is 2. The maximum absolute atomic E-state index is 13.8. The molecule has 21 heavy (non-hydrogen) atoms. The van der Waals surface area contributed by atoms with E-state index in [-0.39, 0.29) is 34.2 Å². The maximum atomic E-state index is 13.8. The van der Waals surface area contributed by atoms with Gasteiger partial charge in [0.1, 0.15) is 0 Å². The third-order valence-electron chi connectivity index (χ3n) is 2.46. The monoisotopic (exact) mass is 313 g/mol. The van der Waals surface area contributed by atoms with Crippen LogP contribution in [0.3, 0.4) is 0 Å². The van der Waals surface area contributed by atoms with E-state index in [0.717, 1.165) is 6.07 Å². The molecule has 0 radical (unpaired) electrons. The summed E-state index contributed by atoms with van der Waals surface area (Å²) in [5, 5.41) is 13.2. The molecule has 8 nitrogen and oxygen atoms in total. The van der Waals surface area contributed by atoms with Crippen molar-refractivity contribution < 1.29 is 14.1 Å². The minimum Gasteiger partial charge on any atom is -0.421 e. The number of nitro benzene ring substituents is 1. The first kappa shape index (κ1) is 14.9. The summed E-state index contributed by atoms with van der Waals surface area (Å²) in [5.74, 6) is -1.01. The maximum Gasteiger partial charge on any atom is 0.328 e. The lowest BCUT2D eigenvalue weighted by Crippen LogP contribution is -2.02. The summed E-state index contributed by atoms with van der Waals surface area (Å²) in [4.78, 5) is 21.3. The Hall–Kier alpha value is -2.55. The summed E-state index contributed by atoms with van der Waals surface area (Å²) in [5.41, 5.74) is -0.102. The fourth-order valence-electron chi connectivity index (χ4n) is 1.51. The second-order valence-corrected chi connectivity index (χ2v) is 4.23. The molecule has 2 aromatic rings. The van der Waals surface area contributed by atoms with Gasteiger partial charge >= 0.3 is 6.01 Å². The Labute approximate surface area is 123 Å². The van der Waals surface area contributed by atoms with Crippen LogP contribution in [-0.2, 0) is 0 Å². The van der Waals surface area contributed by atoms with Crippen LogP contribution >= 0.6 is 11.6 Å². The summed E-state index contributed by atoms with van der Waals surface area (Å²) >= 11 is 5.67. The van der Waals surface area contributed by atoms with Crippen LogP contribution in [0.5, 0.6) is 11.8 Å². The van der Waals surface area contributed by atoms with E-state index in [1.54, 1.807) is 7.05 Å². The molecule has 1 N–H and O–H groups in total. The zero-order chi connectivity index (χ0) is 15.6.